The lowest BCUT2D eigenvalue weighted by Crippen LogP contribution is -2.46. The summed E-state index contributed by atoms with van der Waals surface area (Å²) in [5.41, 5.74) is 1.88. The summed E-state index contributed by atoms with van der Waals surface area (Å²) < 4.78 is 3.60. The van der Waals surface area contributed by atoms with Crippen LogP contribution in [0.1, 0.15) is 46.0 Å². The number of hydrogen-bond donors (Lipinski definition) is 1. The summed E-state index contributed by atoms with van der Waals surface area (Å²) in [5, 5.41) is 3.36. The smallest absolute Gasteiger partial charge is 0.329 e. The van der Waals surface area contributed by atoms with Gasteiger partial charge in [-0.25, -0.2) is 4.79 Å². The third-order valence-corrected chi connectivity index (χ3v) is 5.46. The number of para-hydroxylation sites is 2. The largest absolute Gasteiger partial charge is 0.340 e. The molecule has 0 unspecified atom stereocenters. The van der Waals surface area contributed by atoms with Crippen LogP contribution in [0.3, 0.4) is 0 Å². The molecule has 0 spiro atoms. The Balaban J connectivity index is 0.00000280. The highest BCUT2D eigenvalue weighted by molar-refractivity contribution is 5.85. The van der Waals surface area contributed by atoms with Crippen molar-refractivity contribution >= 4 is 29.3 Å². The van der Waals surface area contributed by atoms with Crippen molar-refractivity contribution in [1.82, 2.24) is 19.4 Å². The number of halogens is 1. The van der Waals surface area contributed by atoms with E-state index in [1.54, 1.807) is 4.57 Å². The zero-order valence-corrected chi connectivity index (χ0v) is 17.8. The van der Waals surface area contributed by atoms with E-state index in [9.17, 15) is 9.59 Å². The predicted octanol–water partition coefficient (Wildman–Crippen LogP) is 3.02. The molecule has 1 saturated heterocycles. The highest BCUT2D eigenvalue weighted by Gasteiger charge is 2.24. The molecule has 1 fully saturated rings. The van der Waals surface area contributed by atoms with Crippen LogP contribution >= 0.6 is 12.4 Å². The van der Waals surface area contributed by atoms with Gasteiger partial charge in [0.2, 0.25) is 5.91 Å². The van der Waals surface area contributed by atoms with Crippen LogP contribution in [0.2, 0.25) is 0 Å². The molecular weight excluding hydrogens is 376 g/mol. The van der Waals surface area contributed by atoms with Crippen molar-refractivity contribution in [2.75, 3.05) is 19.6 Å². The maximum absolute atomic E-state index is 13.0. The lowest BCUT2D eigenvalue weighted by atomic mass is 10.0. The fourth-order valence-electron chi connectivity index (χ4n) is 4.15. The van der Waals surface area contributed by atoms with Gasteiger partial charge in [0.1, 0.15) is 0 Å². The average molecular weight is 409 g/mol. The van der Waals surface area contributed by atoms with Crippen LogP contribution in [-0.2, 0) is 17.9 Å². The van der Waals surface area contributed by atoms with Crippen molar-refractivity contribution in [2.24, 2.45) is 0 Å². The summed E-state index contributed by atoms with van der Waals surface area (Å²) in [6.07, 6.45) is 4.28. The van der Waals surface area contributed by atoms with Crippen molar-refractivity contribution in [3.05, 3.63) is 34.7 Å². The third kappa shape index (κ3) is 4.78. The first-order valence-corrected chi connectivity index (χ1v) is 10.4. The van der Waals surface area contributed by atoms with E-state index in [-0.39, 0.29) is 24.0 Å². The topological polar surface area (TPSA) is 59.3 Å². The predicted molar refractivity (Wildman–Crippen MR) is 116 cm³/mol. The van der Waals surface area contributed by atoms with Gasteiger partial charge in [-0.2, -0.15) is 0 Å². The number of amides is 1. The van der Waals surface area contributed by atoms with Crippen molar-refractivity contribution < 1.29 is 4.79 Å². The third-order valence-electron chi connectivity index (χ3n) is 5.46. The second-order valence-corrected chi connectivity index (χ2v) is 7.39. The van der Waals surface area contributed by atoms with E-state index in [1.807, 2.05) is 28.8 Å². The maximum atomic E-state index is 13.0. The van der Waals surface area contributed by atoms with E-state index in [4.69, 9.17) is 0 Å². The second-order valence-electron chi connectivity index (χ2n) is 7.39. The monoisotopic (exact) mass is 408 g/mol. The molecule has 3 rings (SSSR count). The van der Waals surface area contributed by atoms with E-state index in [1.165, 1.54) is 0 Å². The van der Waals surface area contributed by atoms with Gasteiger partial charge in [-0.05, 0) is 50.9 Å². The number of nitrogens with one attached hydrogen (secondary N) is 1. The molecule has 6 nitrogen and oxygen atoms in total. The van der Waals surface area contributed by atoms with Crippen LogP contribution in [0.4, 0.5) is 0 Å². The van der Waals surface area contributed by atoms with Gasteiger partial charge in [-0.3, -0.25) is 13.9 Å². The van der Waals surface area contributed by atoms with Crippen molar-refractivity contribution in [3.8, 4) is 0 Å². The fraction of sp³-hybridized carbons (Fsp3) is 0.619. The van der Waals surface area contributed by atoms with Gasteiger partial charge in [0.15, 0.2) is 0 Å². The number of piperidine rings is 1. The van der Waals surface area contributed by atoms with E-state index in [0.717, 1.165) is 56.4 Å². The molecule has 2 aromatic rings. The fourth-order valence-corrected chi connectivity index (χ4v) is 4.15. The molecule has 1 aromatic carbocycles. The number of fused-ring (bicyclic) bond motifs is 1. The number of imidazole rings is 1. The van der Waals surface area contributed by atoms with Crippen LogP contribution in [0, 0.1) is 0 Å². The zero-order chi connectivity index (χ0) is 19.2. The molecule has 1 amide bonds. The minimum Gasteiger partial charge on any atom is -0.340 e. The van der Waals surface area contributed by atoms with Gasteiger partial charge in [0.25, 0.3) is 0 Å². The van der Waals surface area contributed by atoms with Gasteiger partial charge < -0.3 is 10.2 Å². The van der Waals surface area contributed by atoms with Crippen LogP contribution in [-0.4, -0.2) is 45.6 Å². The van der Waals surface area contributed by atoms with Gasteiger partial charge in [-0.1, -0.05) is 26.0 Å². The lowest BCUT2D eigenvalue weighted by Gasteiger charge is -2.34. The summed E-state index contributed by atoms with van der Waals surface area (Å²) in [7, 11) is 0. The van der Waals surface area contributed by atoms with E-state index in [2.05, 4.69) is 24.1 Å². The Morgan fingerprint density at radius 3 is 2.25 bits per heavy atom. The quantitative estimate of drug-likeness (QED) is 0.730. The molecule has 0 saturated carbocycles. The molecule has 28 heavy (non-hydrogen) atoms. The van der Waals surface area contributed by atoms with Crippen molar-refractivity contribution in [2.45, 2.75) is 65.1 Å². The number of aromatic nitrogens is 2. The van der Waals surface area contributed by atoms with Gasteiger partial charge in [0.05, 0.1) is 11.0 Å². The summed E-state index contributed by atoms with van der Waals surface area (Å²) in [5.74, 6) is 0.169. The van der Waals surface area contributed by atoms with E-state index >= 15 is 0 Å². The van der Waals surface area contributed by atoms with Gasteiger partial charge in [-0.15, -0.1) is 12.4 Å². The van der Waals surface area contributed by atoms with Crippen LogP contribution in [0.5, 0.6) is 0 Å². The first-order chi connectivity index (χ1) is 13.2. The minimum atomic E-state index is -0.00485. The van der Waals surface area contributed by atoms with E-state index in [0.29, 0.717) is 25.6 Å². The molecule has 0 bridgehead atoms. The number of carbonyl (C=O) groups excluding carboxylic acids is 1. The number of carbonyl (C=O) groups is 1. The summed E-state index contributed by atoms with van der Waals surface area (Å²) in [4.78, 5) is 27.9. The maximum Gasteiger partial charge on any atom is 0.329 e. The first kappa shape index (κ1) is 22.5. The molecule has 1 N–H and O–H groups in total. The Labute approximate surface area is 173 Å². The number of hydrogen-bond acceptors (Lipinski definition) is 3. The average Bonchev–Trinajstić information content (AvgIpc) is 2.97. The molecule has 1 aliphatic rings. The van der Waals surface area contributed by atoms with E-state index < -0.39 is 0 Å². The van der Waals surface area contributed by atoms with Gasteiger partial charge in [0, 0.05) is 32.1 Å². The second kappa shape index (κ2) is 10.7. The molecule has 0 atom stereocenters. The molecule has 7 heteroatoms. The standard InChI is InChI=1S/C21H32N4O2.ClH/c1-3-14-23(17-9-12-22-13-10-17)20(26)11-16-25-19-8-6-5-7-18(19)24(15-4-2)21(25)27;/h5-8,17,22H,3-4,9-16H2,1-2H3;1H. The molecular formula is C21H33ClN4O2. The zero-order valence-electron chi connectivity index (χ0n) is 17.0. The summed E-state index contributed by atoms with van der Waals surface area (Å²) in [6.45, 7) is 8.09. The highest BCUT2D eigenvalue weighted by atomic mass is 35.5. The normalized spacial score (nSPS) is 14.8. The Morgan fingerprint density at radius 1 is 1.07 bits per heavy atom. The Hall–Kier alpha value is -1.79. The molecule has 0 radical (unpaired) electrons. The summed E-state index contributed by atoms with van der Waals surface area (Å²) >= 11 is 0. The molecule has 1 aromatic heterocycles. The van der Waals surface area contributed by atoms with Crippen molar-refractivity contribution in [3.63, 3.8) is 0 Å². The highest BCUT2D eigenvalue weighted by Crippen LogP contribution is 2.16. The minimum absolute atomic E-state index is 0. The Morgan fingerprint density at radius 2 is 1.68 bits per heavy atom. The first-order valence-electron chi connectivity index (χ1n) is 10.4. The SMILES string of the molecule is CCCN(C(=O)CCn1c(=O)n(CCC)c2ccccc21)C1CCNCC1.Cl. The number of benzene rings is 1. The number of nitrogens with zero attached hydrogens (tertiary/aromatic N) is 3. The van der Waals surface area contributed by atoms with Gasteiger partial charge >= 0.3 is 5.69 Å². The lowest BCUT2D eigenvalue weighted by molar-refractivity contribution is -0.134. The van der Waals surface area contributed by atoms with Crippen LogP contribution in [0.15, 0.2) is 29.1 Å². The number of rotatable bonds is 8. The van der Waals surface area contributed by atoms with Crippen LogP contribution in [0.25, 0.3) is 11.0 Å². The molecule has 2 heterocycles. The number of aryl methyl sites for hydroxylation is 2. The Bertz CT molecular complexity index is 823. The Kier molecular flexibility index (Phi) is 8.58. The summed E-state index contributed by atoms with van der Waals surface area (Å²) in [6, 6.07) is 8.21. The molecule has 156 valence electrons. The molecule has 1 aliphatic heterocycles. The van der Waals surface area contributed by atoms with Crippen LogP contribution < -0.4 is 11.0 Å². The molecule has 0 aliphatic carbocycles. The van der Waals surface area contributed by atoms with Crippen molar-refractivity contribution in [1.29, 1.82) is 0 Å².